The van der Waals surface area contributed by atoms with Crippen LogP contribution in [0, 0.1) is 5.92 Å². The van der Waals surface area contributed by atoms with E-state index < -0.39 is 0 Å². The van der Waals surface area contributed by atoms with Gasteiger partial charge in [-0.2, -0.15) is 0 Å². The van der Waals surface area contributed by atoms with Crippen molar-refractivity contribution >= 4 is 29.0 Å². The van der Waals surface area contributed by atoms with Crippen LogP contribution in [0.3, 0.4) is 0 Å². The molecule has 41 heavy (non-hydrogen) atoms. The van der Waals surface area contributed by atoms with Gasteiger partial charge >= 0.3 is 0 Å². The molecule has 1 aliphatic carbocycles. The molecule has 1 aromatic carbocycles. The summed E-state index contributed by atoms with van der Waals surface area (Å²) in [6.45, 7) is 8.15. The van der Waals surface area contributed by atoms with Gasteiger partial charge in [0.05, 0.1) is 12.0 Å². The number of rotatable bonds is 10. The summed E-state index contributed by atoms with van der Waals surface area (Å²) in [5.41, 5.74) is 2.74. The largest absolute Gasteiger partial charge is 0.377 e. The van der Waals surface area contributed by atoms with Crippen LogP contribution in [0.2, 0.25) is 0 Å². The number of fused-ring (bicyclic) bond motifs is 2. The maximum Gasteiger partial charge on any atom is 0.225 e. The van der Waals surface area contributed by atoms with E-state index in [0.29, 0.717) is 41.9 Å². The lowest BCUT2D eigenvalue weighted by molar-refractivity contribution is -0.121. The molecule has 8 nitrogen and oxygen atoms in total. The molecule has 2 amide bonds. The number of piperidine rings is 2. The second kappa shape index (κ2) is 13.8. The number of hydrogen-bond donors (Lipinski definition) is 3. The molecule has 2 saturated heterocycles. The van der Waals surface area contributed by atoms with Gasteiger partial charge in [0.15, 0.2) is 5.78 Å². The molecule has 5 rings (SSSR count). The second-order valence-electron chi connectivity index (χ2n) is 12.1. The van der Waals surface area contributed by atoms with Crippen molar-refractivity contribution in [3.8, 4) is 0 Å². The Morgan fingerprint density at radius 3 is 2.17 bits per heavy atom. The SMILES string of the molecule is CCC1CCCCN1CCC(=O)NC1=CC2Nc3cc(NC(=O)CCN4CCCCC4CC)ccc3C(=O)C2C=C1. The van der Waals surface area contributed by atoms with Gasteiger partial charge in [0.1, 0.15) is 0 Å². The van der Waals surface area contributed by atoms with Crippen LogP contribution in [-0.4, -0.2) is 71.7 Å². The summed E-state index contributed by atoms with van der Waals surface area (Å²) in [4.78, 5) is 43.7. The molecule has 222 valence electrons. The van der Waals surface area contributed by atoms with E-state index in [1.54, 1.807) is 6.07 Å². The van der Waals surface area contributed by atoms with E-state index in [9.17, 15) is 14.4 Å². The minimum absolute atomic E-state index is 0.00196. The molecule has 3 aliphatic heterocycles. The van der Waals surface area contributed by atoms with Gasteiger partial charge in [-0.1, -0.05) is 32.8 Å². The van der Waals surface area contributed by atoms with E-state index >= 15 is 0 Å². The Balaban J connectivity index is 1.15. The Labute approximate surface area is 245 Å². The van der Waals surface area contributed by atoms with Crippen molar-refractivity contribution in [3.63, 3.8) is 0 Å². The van der Waals surface area contributed by atoms with E-state index in [2.05, 4.69) is 39.6 Å². The monoisotopic (exact) mass is 561 g/mol. The van der Waals surface area contributed by atoms with Crippen molar-refractivity contribution in [2.75, 3.05) is 36.8 Å². The summed E-state index contributed by atoms with van der Waals surface area (Å²) in [6, 6.07) is 6.38. The summed E-state index contributed by atoms with van der Waals surface area (Å²) in [5, 5.41) is 9.55. The van der Waals surface area contributed by atoms with Crippen molar-refractivity contribution < 1.29 is 14.4 Å². The zero-order valence-corrected chi connectivity index (χ0v) is 24.8. The summed E-state index contributed by atoms with van der Waals surface area (Å²) in [6.07, 6.45) is 16.3. The molecule has 2 fully saturated rings. The molecule has 4 atom stereocenters. The Bertz CT molecular complexity index is 1180. The van der Waals surface area contributed by atoms with Gasteiger partial charge in [0, 0.05) is 60.7 Å². The van der Waals surface area contributed by atoms with Gasteiger partial charge < -0.3 is 16.0 Å². The van der Waals surface area contributed by atoms with Crippen LogP contribution in [0.1, 0.15) is 88.4 Å². The van der Waals surface area contributed by atoms with Crippen LogP contribution in [0.4, 0.5) is 11.4 Å². The highest BCUT2D eigenvalue weighted by molar-refractivity contribution is 6.07. The average molecular weight is 562 g/mol. The summed E-state index contributed by atoms with van der Waals surface area (Å²) in [5.74, 6) is -0.281. The van der Waals surface area contributed by atoms with Crippen LogP contribution in [-0.2, 0) is 9.59 Å². The highest BCUT2D eigenvalue weighted by atomic mass is 16.2. The normalized spacial score (nSPS) is 26.4. The first-order valence-electron chi connectivity index (χ1n) is 15.9. The molecule has 1 aromatic rings. The number of Topliss-reactive ketones (excluding diaryl/α,β-unsaturated/α-hetero) is 1. The first kappa shape index (κ1) is 29.5. The molecular weight excluding hydrogens is 514 g/mol. The van der Waals surface area contributed by atoms with Gasteiger partial charge in [-0.15, -0.1) is 0 Å². The van der Waals surface area contributed by atoms with E-state index in [1.807, 2.05) is 30.4 Å². The summed E-state index contributed by atoms with van der Waals surface area (Å²) in [7, 11) is 0. The van der Waals surface area contributed by atoms with Crippen molar-refractivity contribution in [1.82, 2.24) is 15.1 Å². The number of carbonyl (C=O) groups excluding carboxylic acids is 3. The standard InChI is InChI=1S/C33H47N5O3/c1-3-25-9-5-7-17-37(25)19-15-31(39)34-23-11-13-27-29(21-23)36-30-22-24(12-14-28(30)33(27)41)35-32(40)16-20-38-18-8-6-10-26(38)4-2/h11-14,21-22,25-27,29,36H,3-10,15-20H2,1-2H3,(H,34,39)(H,35,40). The van der Waals surface area contributed by atoms with Gasteiger partial charge in [0.2, 0.25) is 11.8 Å². The average Bonchev–Trinajstić information content (AvgIpc) is 2.99. The Hall–Kier alpha value is -2.97. The molecule has 0 bridgehead atoms. The van der Waals surface area contributed by atoms with Crippen molar-refractivity contribution in [2.45, 2.75) is 96.2 Å². The maximum absolute atomic E-state index is 13.3. The topological polar surface area (TPSA) is 93.8 Å². The minimum Gasteiger partial charge on any atom is -0.377 e. The zero-order chi connectivity index (χ0) is 28.8. The van der Waals surface area contributed by atoms with E-state index in [0.717, 1.165) is 44.7 Å². The third-order valence-corrected chi connectivity index (χ3v) is 9.40. The first-order chi connectivity index (χ1) is 19.9. The molecule has 0 saturated carbocycles. The van der Waals surface area contributed by atoms with Crippen LogP contribution in [0.25, 0.3) is 0 Å². The number of ketones is 1. The third-order valence-electron chi connectivity index (χ3n) is 9.40. The number of allylic oxidation sites excluding steroid dienone is 1. The maximum atomic E-state index is 13.3. The fraction of sp³-hybridized carbons (Fsp3) is 0.606. The van der Waals surface area contributed by atoms with Gasteiger partial charge in [-0.05, 0) is 82.0 Å². The number of likely N-dealkylation sites (tertiary alicyclic amines) is 2. The number of nitrogens with one attached hydrogen (secondary N) is 3. The van der Waals surface area contributed by atoms with Crippen molar-refractivity contribution in [3.05, 3.63) is 47.7 Å². The van der Waals surface area contributed by atoms with Crippen molar-refractivity contribution in [1.29, 1.82) is 0 Å². The van der Waals surface area contributed by atoms with Crippen LogP contribution < -0.4 is 16.0 Å². The Morgan fingerprint density at radius 2 is 1.54 bits per heavy atom. The molecule has 4 aliphatic rings. The van der Waals surface area contributed by atoms with E-state index in [4.69, 9.17) is 0 Å². The fourth-order valence-electron chi connectivity index (χ4n) is 7.03. The number of amides is 2. The Morgan fingerprint density at radius 1 is 0.902 bits per heavy atom. The predicted octanol–water partition coefficient (Wildman–Crippen LogP) is 5.10. The molecule has 0 aromatic heterocycles. The number of carbonyl (C=O) groups is 3. The number of nitrogens with zero attached hydrogens (tertiary/aromatic N) is 2. The molecule has 3 N–H and O–H groups in total. The third kappa shape index (κ3) is 7.28. The molecule has 4 unspecified atom stereocenters. The van der Waals surface area contributed by atoms with Crippen LogP contribution in [0.5, 0.6) is 0 Å². The van der Waals surface area contributed by atoms with E-state index in [1.165, 1.54) is 38.5 Å². The highest BCUT2D eigenvalue weighted by Gasteiger charge is 2.35. The molecule has 3 heterocycles. The van der Waals surface area contributed by atoms with Crippen LogP contribution >= 0.6 is 0 Å². The molecule has 0 radical (unpaired) electrons. The number of anilines is 2. The predicted molar refractivity (Wildman–Crippen MR) is 164 cm³/mol. The molecular formula is C33H47N5O3. The lowest BCUT2D eigenvalue weighted by Crippen LogP contribution is -2.42. The van der Waals surface area contributed by atoms with E-state index in [-0.39, 0.29) is 29.6 Å². The zero-order valence-electron chi connectivity index (χ0n) is 24.8. The minimum atomic E-state index is -0.321. The molecule has 8 heteroatoms. The highest BCUT2D eigenvalue weighted by Crippen LogP contribution is 2.34. The lowest BCUT2D eigenvalue weighted by atomic mass is 9.83. The second-order valence-corrected chi connectivity index (χ2v) is 12.1. The van der Waals surface area contributed by atoms with Gasteiger partial charge in [0.25, 0.3) is 0 Å². The van der Waals surface area contributed by atoms with Gasteiger partial charge in [-0.3, -0.25) is 24.2 Å². The van der Waals surface area contributed by atoms with Crippen LogP contribution in [0.15, 0.2) is 42.1 Å². The first-order valence-corrected chi connectivity index (χ1v) is 15.9. The lowest BCUT2D eigenvalue weighted by Gasteiger charge is -2.35. The van der Waals surface area contributed by atoms with Crippen molar-refractivity contribution in [2.24, 2.45) is 5.92 Å². The quantitative estimate of drug-likeness (QED) is 0.368. The fourth-order valence-corrected chi connectivity index (χ4v) is 7.03. The molecule has 0 spiro atoms. The smallest absolute Gasteiger partial charge is 0.225 e. The number of benzene rings is 1. The summed E-state index contributed by atoms with van der Waals surface area (Å²) >= 11 is 0. The number of hydrogen-bond acceptors (Lipinski definition) is 6. The Kier molecular flexibility index (Phi) is 9.93. The summed E-state index contributed by atoms with van der Waals surface area (Å²) < 4.78 is 0. The van der Waals surface area contributed by atoms with Gasteiger partial charge in [-0.25, -0.2) is 0 Å².